The Kier molecular flexibility index (Phi) is 9.63. The molecule has 0 unspecified atom stereocenters. The van der Waals surface area contributed by atoms with Crippen LogP contribution in [0.2, 0.25) is 0 Å². The molecule has 41 heavy (non-hydrogen) atoms. The second-order valence-electron chi connectivity index (χ2n) is 9.33. The first-order valence-electron chi connectivity index (χ1n) is 13.4. The lowest BCUT2D eigenvalue weighted by molar-refractivity contribution is 0.0233. The topological polar surface area (TPSA) is 66.0 Å². The summed E-state index contributed by atoms with van der Waals surface area (Å²) in [5.41, 5.74) is 6.75. The van der Waals surface area contributed by atoms with E-state index in [1.165, 1.54) is 0 Å². The van der Waals surface area contributed by atoms with Crippen LogP contribution < -0.4 is 19.7 Å². The molecule has 0 aliphatic heterocycles. The first-order chi connectivity index (χ1) is 20.2. The molecular weight excluding hydrogens is 514 g/mol. The van der Waals surface area contributed by atoms with Crippen LogP contribution in [-0.4, -0.2) is 5.91 Å². The zero-order valence-electron chi connectivity index (χ0n) is 22.6. The molecule has 1 amide bonds. The predicted molar refractivity (Wildman–Crippen MR) is 157 cm³/mol. The molecule has 5 aromatic carbocycles. The van der Waals surface area contributed by atoms with Crippen molar-refractivity contribution in [3.05, 3.63) is 161 Å². The summed E-state index contributed by atoms with van der Waals surface area (Å²) >= 11 is 0. The molecule has 0 saturated carbocycles. The molecule has 0 aromatic heterocycles. The summed E-state index contributed by atoms with van der Waals surface area (Å²) in [6.45, 7) is 1.11. The average molecular weight is 546 g/mol. The van der Waals surface area contributed by atoms with E-state index in [1.54, 1.807) is 12.1 Å². The van der Waals surface area contributed by atoms with Crippen LogP contribution in [-0.2, 0) is 31.3 Å². The molecule has 0 fully saturated rings. The Hall–Kier alpha value is -5.07. The molecule has 0 bridgehead atoms. The van der Waals surface area contributed by atoms with Crippen molar-refractivity contribution in [2.75, 3.05) is 0 Å². The Balaban J connectivity index is 1.42. The van der Waals surface area contributed by atoms with Crippen molar-refractivity contribution in [1.29, 1.82) is 0 Å². The van der Waals surface area contributed by atoms with Crippen LogP contribution >= 0.6 is 0 Å². The quantitative estimate of drug-likeness (QED) is 0.158. The van der Waals surface area contributed by atoms with Gasteiger partial charge in [-0.3, -0.25) is 9.63 Å². The molecule has 1 N–H and O–H groups in total. The van der Waals surface area contributed by atoms with Crippen molar-refractivity contribution in [3.63, 3.8) is 0 Å². The number of hydrogen-bond acceptors (Lipinski definition) is 5. The Morgan fingerprint density at radius 3 is 1.27 bits per heavy atom. The molecule has 6 nitrogen and oxygen atoms in total. The average Bonchev–Trinajstić information content (AvgIpc) is 3.04. The van der Waals surface area contributed by atoms with E-state index in [2.05, 4.69) is 5.48 Å². The fourth-order valence-electron chi connectivity index (χ4n) is 4.08. The lowest BCUT2D eigenvalue weighted by Gasteiger charge is -2.19. The standard InChI is InChI=1S/C35H31NO5/c37-35(36-41-26-30-19-11-4-12-20-30)31-21-32(38-23-27-13-5-1-6-14-27)34(40-25-29-17-9-3-10-18-29)33(22-31)39-24-28-15-7-2-8-16-28/h1-22H,23-26H2,(H,36,37). The van der Waals surface area contributed by atoms with Crippen molar-refractivity contribution in [2.45, 2.75) is 26.4 Å². The molecule has 5 aromatic rings. The van der Waals surface area contributed by atoms with Crippen LogP contribution in [0.25, 0.3) is 0 Å². The minimum atomic E-state index is -0.426. The van der Waals surface area contributed by atoms with E-state index in [0.29, 0.717) is 29.4 Å². The number of rotatable bonds is 13. The number of amides is 1. The van der Waals surface area contributed by atoms with E-state index in [-0.39, 0.29) is 19.8 Å². The van der Waals surface area contributed by atoms with Crippen LogP contribution in [0.1, 0.15) is 32.6 Å². The highest BCUT2D eigenvalue weighted by molar-refractivity contribution is 5.95. The fourth-order valence-corrected chi connectivity index (χ4v) is 4.08. The Morgan fingerprint density at radius 2 is 0.854 bits per heavy atom. The molecule has 0 spiro atoms. The predicted octanol–water partition coefficient (Wildman–Crippen LogP) is 7.29. The molecule has 0 radical (unpaired) electrons. The molecule has 0 atom stereocenters. The van der Waals surface area contributed by atoms with Gasteiger partial charge in [0.1, 0.15) is 19.8 Å². The highest BCUT2D eigenvalue weighted by atomic mass is 16.6. The van der Waals surface area contributed by atoms with Crippen molar-refractivity contribution in [3.8, 4) is 17.2 Å². The maximum atomic E-state index is 13.2. The lowest BCUT2D eigenvalue weighted by atomic mass is 10.1. The Bertz CT molecular complexity index is 1450. The van der Waals surface area contributed by atoms with E-state index >= 15 is 0 Å². The fraction of sp³-hybridized carbons (Fsp3) is 0.114. The Morgan fingerprint density at radius 1 is 0.488 bits per heavy atom. The normalized spacial score (nSPS) is 10.5. The second kappa shape index (κ2) is 14.4. The number of benzene rings is 5. The van der Waals surface area contributed by atoms with Crippen LogP contribution in [0.5, 0.6) is 17.2 Å². The van der Waals surface area contributed by atoms with Gasteiger partial charge >= 0.3 is 0 Å². The first-order valence-corrected chi connectivity index (χ1v) is 13.4. The summed E-state index contributed by atoms with van der Waals surface area (Å²) in [5, 5.41) is 0. The van der Waals surface area contributed by atoms with E-state index < -0.39 is 5.91 Å². The van der Waals surface area contributed by atoms with Gasteiger partial charge < -0.3 is 14.2 Å². The lowest BCUT2D eigenvalue weighted by Crippen LogP contribution is -2.23. The molecule has 206 valence electrons. The van der Waals surface area contributed by atoms with Crippen molar-refractivity contribution in [1.82, 2.24) is 5.48 Å². The summed E-state index contributed by atoms with van der Waals surface area (Å²) in [4.78, 5) is 18.7. The summed E-state index contributed by atoms with van der Waals surface area (Å²) in [5.74, 6) is 0.777. The number of hydrogen-bond donors (Lipinski definition) is 1. The SMILES string of the molecule is O=C(NOCc1ccccc1)c1cc(OCc2ccccc2)c(OCc2ccccc2)c(OCc2ccccc2)c1. The number of ether oxygens (including phenoxy) is 3. The maximum Gasteiger partial charge on any atom is 0.275 e. The molecule has 0 saturated heterocycles. The van der Waals surface area contributed by atoms with Crippen LogP contribution in [0.15, 0.2) is 133 Å². The van der Waals surface area contributed by atoms with Gasteiger partial charge in [-0.1, -0.05) is 121 Å². The molecule has 5 rings (SSSR count). The van der Waals surface area contributed by atoms with Crippen LogP contribution in [0, 0.1) is 0 Å². The van der Waals surface area contributed by atoms with Gasteiger partial charge in [-0.15, -0.1) is 0 Å². The van der Waals surface area contributed by atoms with E-state index in [1.807, 2.05) is 121 Å². The van der Waals surface area contributed by atoms with Crippen molar-refractivity contribution >= 4 is 5.91 Å². The number of carbonyl (C=O) groups is 1. The van der Waals surface area contributed by atoms with Gasteiger partial charge in [0.15, 0.2) is 11.5 Å². The Labute approximate surface area is 240 Å². The third kappa shape index (κ3) is 8.21. The molecular formula is C35H31NO5. The smallest absolute Gasteiger partial charge is 0.275 e. The number of carbonyl (C=O) groups excluding carboxylic acids is 1. The minimum Gasteiger partial charge on any atom is -0.485 e. The summed E-state index contributed by atoms with van der Waals surface area (Å²) < 4.78 is 18.8. The van der Waals surface area contributed by atoms with Crippen LogP contribution in [0.4, 0.5) is 0 Å². The maximum absolute atomic E-state index is 13.2. The van der Waals surface area contributed by atoms with Crippen LogP contribution in [0.3, 0.4) is 0 Å². The monoisotopic (exact) mass is 545 g/mol. The van der Waals surface area contributed by atoms with Gasteiger partial charge in [0.05, 0.1) is 6.61 Å². The number of nitrogens with one attached hydrogen (secondary N) is 1. The third-order valence-electron chi connectivity index (χ3n) is 6.23. The second-order valence-corrected chi connectivity index (χ2v) is 9.33. The van der Waals surface area contributed by atoms with Gasteiger partial charge in [0.2, 0.25) is 5.75 Å². The van der Waals surface area contributed by atoms with Crippen molar-refractivity contribution < 1.29 is 23.8 Å². The first kappa shape index (κ1) is 27.5. The van der Waals surface area contributed by atoms with Gasteiger partial charge in [-0.25, -0.2) is 5.48 Å². The highest BCUT2D eigenvalue weighted by Crippen LogP contribution is 2.40. The van der Waals surface area contributed by atoms with Gasteiger partial charge in [-0.05, 0) is 34.4 Å². The van der Waals surface area contributed by atoms with E-state index in [0.717, 1.165) is 22.3 Å². The van der Waals surface area contributed by atoms with Gasteiger partial charge in [0, 0.05) is 5.56 Å². The largest absolute Gasteiger partial charge is 0.485 e. The van der Waals surface area contributed by atoms with Crippen molar-refractivity contribution in [2.24, 2.45) is 0 Å². The molecule has 6 heteroatoms. The van der Waals surface area contributed by atoms with Gasteiger partial charge in [0.25, 0.3) is 5.91 Å². The zero-order chi connectivity index (χ0) is 28.1. The molecule has 0 aliphatic rings. The van der Waals surface area contributed by atoms with E-state index in [4.69, 9.17) is 19.0 Å². The zero-order valence-corrected chi connectivity index (χ0v) is 22.6. The molecule has 0 aliphatic carbocycles. The summed E-state index contributed by atoms with van der Waals surface area (Å²) in [7, 11) is 0. The minimum absolute atomic E-state index is 0.236. The third-order valence-corrected chi connectivity index (χ3v) is 6.23. The molecule has 0 heterocycles. The summed E-state index contributed by atoms with van der Waals surface area (Å²) in [6, 6.07) is 42.4. The van der Waals surface area contributed by atoms with E-state index in [9.17, 15) is 4.79 Å². The summed E-state index contributed by atoms with van der Waals surface area (Å²) in [6.07, 6.45) is 0. The van der Waals surface area contributed by atoms with Gasteiger partial charge in [-0.2, -0.15) is 0 Å². The number of hydroxylamine groups is 1. The highest BCUT2D eigenvalue weighted by Gasteiger charge is 2.20.